The second-order valence-corrected chi connectivity index (χ2v) is 9.48. The third-order valence-electron chi connectivity index (χ3n) is 5.01. The van der Waals surface area contributed by atoms with Crippen LogP contribution in [0.4, 0.5) is 13.2 Å². The lowest BCUT2D eigenvalue weighted by atomic mass is 9.98. The van der Waals surface area contributed by atoms with E-state index in [2.05, 4.69) is 0 Å². The Kier molecular flexibility index (Phi) is 7.68. The SMILES string of the molecule is O=C(OCCOc1ccc(Cl)cc1)C1CCN(S(=O)(=O)c2ccccc2C(F)(F)F)CC1. The van der Waals surface area contributed by atoms with E-state index in [1.807, 2.05) is 0 Å². The number of carbonyl (C=O) groups is 1. The van der Waals surface area contributed by atoms with Crippen LogP contribution in [-0.4, -0.2) is 45.0 Å². The maximum Gasteiger partial charge on any atom is 0.417 e. The standard InChI is InChI=1S/C21H21ClF3NO5S/c22-16-5-7-17(8-6-16)30-13-14-31-20(27)15-9-11-26(12-10-15)32(28,29)19-4-2-1-3-18(19)21(23,24)25/h1-8,15H,9-14H2. The van der Waals surface area contributed by atoms with E-state index >= 15 is 0 Å². The van der Waals surface area contributed by atoms with Crippen LogP contribution in [0.2, 0.25) is 5.02 Å². The van der Waals surface area contributed by atoms with Gasteiger partial charge >= 0.3 is 12.1 Å². The van der Waals surface area contributed by atoms with Gasteiger partial charge in [0.05, 0.1) is 16.4 Å². The average Bonchev–Trinajstić information content (AvgIpc) is 2.77. The molecule has 0 N–H and O–H groups in total. The predicted octanol–water partition coefficient (Wildman–Crippen LogP) is 4.38. The van der Waals surface area contributed by atoms with E-state index in [0.717, 1.165) is 22.5 Å². The molecule has 1 aliphatic rings. The van der Waals surface area contributed by atoms with Crippen molar-refractivity contribution in [3.8, 4) is 5.75 Å². The number of hydrogen-bond acceptors (Lipinski definition) is 5. The molecule has 0 bridgehead atoms. The Morgan fingerprint density at radius 1 is 1.03 bits per heavy atom. The summed E-state index contributed by atoms with van der Waals surface area (Å²) in [5.41, 5.74) is -1.21. The summed E-state index contributed by atoms with van der Waals surface area (Å²) in [6.45, 7) is -0.00111. The van der Waals surface area contributed by atoms with Crippen LogP contribution in [0.1, 0.15) is 18.4 Å². The summed E-state index contributed by atoms with van der Waals surface area (Å²) >= 11 is 5.79. The lowest BCUT2D eigenvalue weighted by Crippen LogP contribution is -2.41. The third-order valence-corrected chi connectivity index (χ3v) is 7.22. The molecule has 1 aliphatic heterocycles. The number of rotatable bonds is 7. The van der Waals surface area contributed by atoms with E-state index in [0.29, 0.717) is 10.8 Å². The number of alkyl halides is 3. The third kappa shape index (κ3) is 5.93. The zero-order valence-corrected chi connectivity index (χ0v) is 18.4. The largest absolute Gasteiger partial charge is 0.490 e. The Labute approximate surface area is 188 Å². The van der Waals surface area contributed by atoms with E-state index in [-0.39, 0.29) is 39.1 Å². The van der Waals surface area contributed by atoms with E-state index in [1.165, 1.54) is 6.07 Å². The summed E-state index contributed by atoms with van der Waals surface area (Å²) in [6.07, 6.45) is -4.48. The Hall–Kier alpha value is -2.30. The Morgan fingerprint density at radius 3 is 2.28 bits per heavy atom. The van der Waals surface area contributed by atoms with Gasteiger partial charge in [0.2, 0.25) is 10.0 Å². The number of piperidine rings is 1. The van der Waals surface area contributed by atoms with Gasteiger partial charge < -0.3 is 9.47 Å². The van der Waals surface area contributed by atoms with E-state index in [9.17, 15) is 26.4 Å². The minimum absolute atomic E-state index is 0.0128. The molecular weight excluding hydrogens is 471 g/mol. The van der Waals surface area contributed by atoms with E-state index in [4.69, 9.17) is 21.1 Å². The van der Waals surface area contributed by atoms with Gasteiger partial charge in [-0.15, -0.1) is 0 Å². The van der Waals surface area contributed by atoms with Crippen LogP contribution in [0.5, 0.6) is 5.75 Å². The highest BCUT2D eigenvalue weighted by atomic mass is 35.5. The molecule has 0 aliphatic carbocycles. The highest BCUT2D eigenvalue weighted by Crippen LogP contribution is 2.36. The van der Waals surface area contributed by atoms with Crippen molar-refractivity contribution in [2.45, 2.75) is 23.9 Å². The van der Waals surface area contributed by atoms with Crippen molar-refractivity contribution >= 4 is 27.6 Å². The van der Waals surface area contributed by atoms with E-state index in [1.54, 1.807) is 24.3 Å². The van der Waals surface area contributed by atoms with Crippen LogP contribution in [0.15, 0.2) is 53.4 Å². The van der Waals surface area contributed by atoms with Gasteiger partial charge in [0.1, 0.15) is 19.0 Å². The van der Waals surface area contributed by atoms with Gasteiger partial charge in [-0.3, -0.25) is 4.79 Å². The minimum Gasteiger partial charge on any atom is -0.490 e. The number of carbonyl (C=O) groups excluding carboxylic acids is 1. The monoisotopic (exact) mass is 491 g/mol. The second kappa shape index (κ2) is 10.1. The second-order valence-electron chi connectivity index (χ2n) is 7.14. The van der Waals surface area contributed by atoms with Gasteiger partial charge in [0, 0.05) is 18.1 Å². The number of ether oxygens (including phenoxy) is 2. The van der Waals surface area contributed by atoms with Crippen LogP contribution >= 0.6 is 11.6 Å². The van der Waals surface area contributed by atoms with Crippen molar-refractivity contribution < 1.29 is 35.9 Å². The number of benzene rings is 2. The average molecular weight is 492 g/mol. The van der Waals surface area contributed by atoms with Crippen LogP contribution in [0, 0.1) is 5.92 Å². The molecule has 0 saturated carbocycles. The van der Waals surface area contributed by atoms with E-state index < -0.39 is 38.5 Å². The first-order valence-electron chi connectivity index (χ1n) is 9.80. The van der Waals surface area contributed by atoms with Crippen molar-refractivity contribution in [1.82, 2.24) is 4.31 Å². The van der Waals surface area contributed by atoms with Gasteiger partial charge in [-0.05, 0) is 49.2 Å². The van der Waals surface area contributed by atoms with Crippen LogP contribution in [0.3, 0.4) is 0 Å². The fraction of sp³-hybridized carbons (Fsp3) is 0.381. The normalized spacial score (nSPS) is 16.0. The quantitative estimate of drug-likeness (QED) is 0.424. The first kappa shape index (κ1) is 24.3. The molecule has 1 heterocycles. The van der Waals surface area contributed by atoms with Crippen LogP contribution in [0.25, 0.3) is 0 Å². The Bertz CT molecular complexity index is 1040. The predicted molar refractivity (Wildman–Crippen MR) is 111 cm³/mol. The molecule has 2 aromatic carbocycles. The van der Waals surface area contributed by atoms with Crippen molar-refractivity contribution in [2.24, 2.45) is 5.92 Å². The maximum absolute atomic E-state index is 13.2. The van der Waals surface area contributed by atoms with Crippen molar-refractivity contribution in [3.05, 3.63) is 59.1 Å². The highest BCUT2D eigenvalue weighted by Gasteiger charge is 2.40. The molecular formula is C21H21ClF3NO5S. The fourth-order valence-electron chi connectivity index (χ4n) is 3.35. The summed E-state index contributed by atoms with van der Waals surface area (Å²) in [5, 5.41) is 0.569. The first-order valence-corrected chi connectivity index (χ1v) is 11.6. The summed E-state index contributed by atoms with van der Waals surface area (Å²) in [4.78, 5) is 11.5. The first-order chi connectivity index (χ1) is 15.1. The minimum atomic E-state index is -4.79. The van der Waals surface area contributed by atoms with Gasteiger partial charge in [0.15, 0.2) is 0 Å². The summed E-state index contributed by atoms with van der Waals surface area (Å²) in [7, 11) is -4.35. The summed E-state index contributed by atoms with van der Waals surface area (Å²) in [5.74, 6) is -0.449. The Morgan fingerprint density at radius 2 is 1.66 bits per heavy atom. The lowest BCUT2D eigenvalue weighted by Gasteiger charge is -2.30. The van der Waals surface area contributed by atoms with Crippen LogP contribution < -0.4 is 4.74 Å². The maximum atomic E-state index is 13.2. The number of esters is 1. The zero-order chi connectivity index (χ0) is 23.4. The highest BCUT2D eigenvalue weighted by molar-refractivity contribution is 7.89. The molecule has 11 heteroatoms. The smallest absolute Gasteiger partial charge is 0.417 e. The molecule has 0 amide bonds. The van der Waals surface area contributed by atoms with Crippen molar-refractivity contribution in [3.63, 3.8) is 0 Å². The van der Waals surface area contributed by atoms with Gasteiger partial charge in [0.25, 0.3) is 0 Å². The molecule has 2 aromatic rings. The Balaban J connectivity index is 1.51. The molecule has 1 fully saturated rings. The number of nitrogens with zero attached hydrogens (tertiary/aromatic N) is 1. The number of halogens is 4. The zero-order valence-electron chi connectivity index (χ0n) is 16.8. The summed E-state index contributed by atoms with van der Waals surface area (Å²) < 4.78 is 76.8. The molecule has 3 rings (SSSR count). The molecule has 0 spiro atoms. The molecule has 0 atom stereocenters. The number of hydrogen-bond donors (Lipinski definition) is 0. The molecule has 0 unspecified atom stereocenters. The van der Waals surface area contributed by atoms with Crippen LogP contribution in [-0.2, 0) is 25.7 Å². The van der Waals surface area contributed by atoms with Crippen molar-refractivity contribution in [1.29, 1.82) is 0 Å². The molecule has 1 saturated heterocycles. The molecule has 32 heavy (non-hydrogen) atoms. The topological polar surface area (TPSA) is 72.9 Å². The summed E-state index contributed by atoms with van der Waals surface area (Å²) in [6, 6.07) is 10.8. The number of sulfonamides is 1. The van der Waals surface area contributed by atoms with Crippen molar-refractivity contribution in [2.75, 3.05) is 26.3 Å². The van der Waals surface area contributed by atoms with Gasteiger partial charge in [-0.25, -0.2) is 8.42 Å². The molecule has 0 radical (unpaired) electrons. The molecule has 174 valence electrons. The molecule has 0 aromatic heterocycles. The van der Waals surface area contributed by atoms with Gasteiger partial charge in [-0.1, -0.05) is 23.7 Å². The van der Waals surface area contributed by atoms with Gasteiger partial charge in [-0.2, -0.15) is 17.5 Å². The molecule has 6 nitrogen and oxygen atoms in total. The fourth-order valence-corrected chi connectivity index (χ4v) is 5.16. The lowest BCUT2D eigenvalue weighted by molar-refractivity contribution is -0.150.